The third kappa shape index (κ3) is 3.25. The van der Waals surface area contributed by atoms with Gasteiger partial charge in [-0.1, -0.05) is 13.8 Å². The van der Waals surface area contributed by atoms with E-state index in [2.05, 4.69) is 13.8 Å². The number of rotatable bonds is 3. The number of aliphatic hydroxyl groups excluding tert-OH is 1. The lowest BCUT2D eigenvalue weighted by Gasteiger charge is -2.21. The molecule has 0 aromatic carbocycles. The Morgan fingerprint density at radius 1 is 1.46 bits per heavy atom. The highest BCUT2D eigenvalue weighted by atomic mass is 16.7. The maximum Gasteiger partial charge on any atom is 0.163 e. The monoisotopic (exact) mass is 188 g/mol. The van der Waals surface area contributed by atoms with Crippen LogP contribution in [0.3, 0.4) is 0 Å². The largest absolute Gasteiger partial charge is 0.390 e. The van der Waals surface area contributed by atoms with E-state index in [1.54, 1.807) is 0 Å². The third-order valence-electron chi connectivity index (χ3n) is 2.17. The molecule has 0 aliphatic carbocycles. The predicted molar refractivity (Wildman–Crippen MR) is 50.4 cm³/mol. The van der Waals surface area contributed by atoms with E-state index in [0.29, 0.717) is 12.5 Å². The zero-order valence-electron chi connectivity index (χ0n) is 8.91. The van der Waals surface area contributed by atoms with Gasteiger partial charge in [-0.25, -0.2) is 0 Å². The number of hydrogen-bond acceptors (Lipinski definition) is 3. The van der Waals surface area contributed by atoms with Crippen LogP contribution in [0.1, 0.15) is 34.1 Å². The minimum Gasteiger partial charge on any atom is -0.390 e. The van der Waals surface area contributed by atoms with Crippen LogP contribution in [-0.4, -0.2) is 29.7 Å². The summed E-state index contributed by atoms with van der Waals surface area (Å²) >= 11 is 0. The Hall–Kier alpha value is -0.120. The molecule has 3 nitrogen and oxygen atoms in total. The molecule has 1 fully saturated rings. The lowest BCUT2D eigenvalue weighted by atomic mass is 10.0. The molecule has 1 N–H and O–H groups in total. The molecule has 1 heterocycles. The van der Waals surface area contributed by atoms with Crippen molar-refractivity contribution in [1.82, 2.24) is 0 Å². The zero-order chi connectivity index (χ0) is 10.1. The van der Waals surface area contributed by atoms with E-state index in [0.717, 1.165) is 6.42 Å². The van der Waals surface area contributed by atoms with Crippen LogP contribution < -0.4 is 0 Å². The summed E-state index contributed by atoms with van der Waals surface area (Å²) in [5, 5.41) is 9.75. The molecule has 1 aliphatic rings. The second-order valence-electron chi connectivity index (χ2n) is 4.56. The van der Waals surface area contributed by atoms with Crippen molar-refractivity contribution < 1.29 is 14.6 Å². The second kappa shape index (κ2) is 3.95. The normalized spacial score (nSPS) is 29.5. The Morgan fingerprint density at radius 3 is 2.46 bits per heavy atom. The van der Waals surface area contributed by atoms with Crippen molar-refractivity contribution in [2.75, 3.05) is 6.61 Å². The predicted octanol–water partition coefficient (Wildman–Crippen LogP) is 1.54. The summed E-state index contributed by atoms with van der Waals surface area (Å²) in [6.45, 7) is 8.42. The van der Waals surface area contributed by atoms with E-state index < -0.39 is 11.9 Å². The van der Waals surface area contributed by atoms with Crippen LogP contribution in [-0.2, 0) is 9.47 Å². The van der Waals surface area contributed by atoms with Gasteiger partial charge in [0, 0.05) is 0 Å². The van der Waals surface area contributed by atoms with E-state index in [1.165, 1.54) is 0 Å². The van der Waals surface area contributed by atoms with E-state index in [9.17, 15) is 5.11 Å². The number of hydrogen-bond donors (Lipinski definition) is 1. The molecule has 2 atom stereocenters. The first-order valence-corrected chi connectivity index (χ1v) is 4.90. The van der Waals surface area contributed by atoms with Gasteiger partial charge >= 0.3 is 0 Å². The van der Waals surface area contributed by atoms with E-state index in [4.69, 9.17) is 9.47 Å². The highest BCUT2D eigenvalue weighted by Crippen LogP contribution is 2.26. The van der Waals surface area contributed by atoms with Crippen LogP contribution in [0.4, 0.5) is 0 Å². The minimum absolute atomic E-state index is 0.155. The van der Waals surface area contributed by atoms with Crippen molar-refractivity contribution in [1.29, 1.82) is 0 Å². The Morgan fingerprint density at radius 2 is 2.08 bits per heavy atom. The van der Waals surface area contributed by atoms with Crippen molar-refractivity contribution in [3.8, 4) is 0 Å². The van der Waals surface area contributed by atoms with Crippen molar-refractivity contribution >= 4 is 0 Å². The molecule has 0 aromatic heterocycles. The SMILES string of the molecule is CC(C)C[C@@H](O)[C@@H]1COC(C)(C)O1. The third-order valence-corrected chi connectivity index (χ3v) is 2.17. The average molecular weight is 188 g/mol. The maximum atomic E-state index is 9.75. The highest BCUT2D eigenvalue weighted by molar-refractivity contribution is 4.77. The van der Waals surface area contributed by atoms with Gasteiger partial charge in [-0.3, -0.25) is 0 Å². The maximum absolute atomic E-state index is 9.75. The lowest BCUT2D eigenvalue weighted by molar-refractivity contribution is -0.152. The van der Waals surface area contributed by atoms with Gasteiger partial charge in [0.1, 0.15) is 6.10 Å². The zero-order valence-corrected chi connectivity index (χ0v) is 8.91. The van der Waals surface area contributed by atoms with Crippen LogP contribution in [0.5, 0.6) is 0 Å². The fourth-order valence-electron chi connectivity index (χ4n) is 1.54. The Balaban J connectivity index is 2.37. The fraction of sp³-hybridized carbons (Fsp3) is 1.00. The summed E-state index contributed by atoms with van der Waals surface area (Å²) in [6.07, 6.45) is 0.212. The molecule has 13 heavy (non-hydrogen) atoms. The molecule has 1 rings (SSSR count). The molecule has 1 saturated heterocycles. The van der Waals surface area contributed by atoms with Gasteiger partial charge < -0.3 is 14.6 Å². The molecule has 0 aromatic rings. The van der Waals surface area contributed by atoms with Crippen LogP contribution in [0.15, 0.2) is 0 Å². The summed E-state index contributed by atoms with van der Waals surface area (Å²) in [6, 6.07) is 0. The first-order chi connectivity index (χ1) is 5.91. The van der Waals surface area contributed by atoms with Gasteiger partial charge in [0.15, 0.2) is 5.79 Å². The van der Waals surface area contributed by atoms with Crippen LogP contribution in [0, 0.1) is 5.92 Å². The Labute approximate surface area is 80.0 Å². The molecule has 1 aliphatic heterocycles. The van der Waals surface area contributed by atoms with Gasteiger partial charge in [-0.15, -0.1) is 0 Å². The molecule has 3 heteroatoms. The Bertz CT molecular complexity index is 166. The first-order valence-electron chi connectivity index (χ1n) is 4.90. The quantitative estimate of drug-likeness (QED) is 0.730. The van der Waals surface area contributed by atoms with Crippen molar-refractivity contribution in [3.63, 3.8) is 0 Å². The molecular weight excluding hydrogens is 168 g/mol. The van der Waals surface area contributed by atoms with E-state index in [-0.39, 0.29) is 6.10 Å². The molecule has 0 spiro atoms. The van der Waals surface area contributed by atoms with Gasteiger partial charge in [0.2, 0.25) is 0 Å². The summed E-state index contributed by atoms with van der Waals surface area (Å²) in [7, 11) is 0. The van der Waals surface area contributed by atoms with Gasteiger partial charge in [0.25, 0.3) is 0 Å². The summed E-state index contributed by atoms with van der Waals surface area (Å²) in [5.41, 5.74) is 0. The molecular formula is C10H20O3. The Kier molecular flexibility index (Phi) is 3.33. The summed E-state index contributed by atoms with van der Waals surface area (Å²) in [4.78, 5) is 0. The van der Waals surface area contributed by atoms with Gasteiger partial charge in [0.05, 0.1) is 12.7 Å². The molecule has 0 radical (unpaired) electrons. The molecule has 0 amide bonds. The fourth-order valence-corrected chi connectivity index (χ4v) is 1.54. The van der Waals surface area contributed by atoms with Gasteiger partial charge in [-0.05, 0) is 26.2 Å². The van der Waals surface area contributed by atoms with E-state index >= 15 is 0 Å². The molecule has 0 saturated carbocycles. The smallest absolute Gasteiger partial charge is 0.163 e. The number of aliphatic hydroxyl groups is 1. The topological polar surface area (TPSA) is 38.7 Å². The van der Waals surface area contributed by atoms with Crippen molar-refractivity contribution in [2.24, 2.45) is 5.92 Å². The van der Waals surface area contributed by atoms with Crippen molar-refractivity contribution in [3.05, 3.63) is 0 Å². The highest BCUT2D eigenvalue weighted by Gasteiger charge is 2.36. The summed E-state index contributed by atoms with van der Waals surface area (Å²) in [5.74, 6) is -0.0369. The standard InChI is InChI=1S/C10H20O3/c1-7(2)5-8(11)9-6-12-10(3,4)13-9/h7-9,11H,5-6H2,1-4H3/t8-,9+/m1/s1. The average Bonchev–Trinajstić information content (AvgIpc) is 2.28. The number of ether oxygens (including phenoxy) is 2. The second-order valence-corrected chi connectivity index (χ2v) is 4.56. The minimum atomic E-state index is -0.525. The molecule has 78 valence electrons. The van der Waals surface area contributed by atoms with E-state index in [1.807, 2.05) is 13.8 Å². The van der Waals surface area contributed by atoms with Crippen LogP contribution in [0.25, 0.3) is 0 Å². The van der Waals surface area contributed by atoms with Crippen LogP contribution in [0.2, 0.25) is 0 Å². The lowest BCUT2D eigenvalue weighted by Crippen LogP contribution is -2.31. The summed E-state index contributed by atoms with van der Waals surface area (Å²) < 4.78 is 10.9. The first kappa shape index (κ1) is 11.0. The van der Waals surface area contributed by atoms with Gasteiger partial charge in [-0.2, -0.15) is 0 Å². The molecule has 0 unspecified atom stereocenters. The van der Waals surface area contributed by atoms with Crippen molar-refractivity contribution in [2.45, 2.75) is 52.1 Å². The van der Waals surface area contributed by atoms with Crippen LogP contribution >= 0.6 is 0 Å². The molecule has 0 bridgehead atoms.